The van der Waals surface area contributed by atoms with Gasteiger partial charge in [0.15, 0.2) is 11.5 Å². The van der Waals surface area contributed by atoms with Gasteiger partial charge in [0, 0.05) is 12.1 Å². The van der Waals surface area contributed by atoms with Gasteiger partial charge in [-0.1, -0.05) is 54.8 Å². The van der Waals surface area contributed by atoms with Gasteiger partial charge in [-0.3, -0.25) is 4.79 Å². The third kappa shape index (κ3) is 5.40. The van der Waals surface area contributed by atoms with E-state index in [0.29, 0.717) is 35.2 Å². The minimum atomic E-state index is -0.208. The van der Waals surface area contributed by atoms with Crippen LogP contribution < -0.4 is 14.8 Å². The number of nitrogens with one attached hydrogen (secondary N) is 1. The molecule has 2 aromatic carbocycles. The molecule has 0 saturated carbocycles. The molecule has 0 radical (unpaired) electrons. The molecule has 4 nitrogen and oxygen atoms in total. The molecule has 1 amide bonds. The maximum absolute atomic E-state index is 12.4. The molecule has 0 fully saturated rings. The standard InChI is InChI=1S/C20H24ClNO3/c1-4-5-10-25-19-17(21)11-16(12-18(19)24-3)20(23)22-13-15-8-6-14(2)7-9-15/h6-9,11-12H,4-5,10,13H2,1-3H3,(H,22,23). The highest BCUT2D eigenvalue weighted by Gasteiger charge is 2.15. The van der Waals surface area contributed by atoms with E-state index in [1.165, 1.54) is 12.7 Å². The predicted octanol–water partition coefficient (Wildman–Crippen LogP) is 4.77. The van der Waals surface area contributed by atoms with E-state index in [1.807, 2.05) is 31.2 Å². The van der Waals surface area contributed by atoms with Crippen molar-refractivity contribution in [3.05, 3.63) is 58.1 Å². The Balaban J connectivity index is 2.08. The van der Waals surface area contributed by atoms with Crippen LogP contribution >= 0.6 is 11.6 Å². The molecule has 0 aliphatic rings. The van der Waals surface area contributed by atoms with Gasteiger partial charge < -0.3 is 14.8 Å². The van der Waals surface area contributed by atoms with Crippen LogP contribution in [0.5, 0.6) is 11.5 Å². The highest BCUT2D eigenvalue weighted by molar-refractivity contribution is 6.32. The van der Waals surface area contributed by atoms with Crippen LogP contribution in [0.2, 0.25) is 5.02 Å². The molecule has 0 saturated heterocycles. The van der Waals surface area contributed by atoms with Crippen LogP contribution in [0, 0.1) is 6.92 Å². The number of hydrogen-bond donors (Lipinski definition) is 1. The number of ether oxygens (including phenoxy) is 2. The smallest absolute Gasteiger partial charge is 0.251 e. The third-order valence-electron chi connectivity index (χ3n) is 3.81. The summed E-state index contributed by atoms with van der Waals surface area (Å²) in [6, 6.07) is 11.3. The molecule has 0 unspecified atom stereocenters. The van der Waals surface area contributed by atoms with Gasteiger partial charge in [0.25, 0.3) is 5.91 Å². The second-order valence-corrected chi connectivity index (χ2v) is 6.27. The zero-order valence-corrected chi connectivity index (χ0v) is 15.7. The molecule has 25 heavy (non-hydrogen) atoms. The molecule has 2 rings (SSSR count). The largest absolute Gasteiger partial charge is 0.493 e. The highest BCUT2D eigenvalue weighted by Crippen LogP contribution is 2.36. The first-order valence-corrected chi connectivity index (χ1v) is 8.77. The molecule has 1 N–H and O–H groups in total. The quantitative estimate of drug-likeness (QED) is 0.689. The van der Waals surface area contributed by atoms with Crippen LogP contribution in [0.1, 0.15) is 41.3 Å². The van der Waals surface area contributed by atoms with Gasteiger partial charge in [-0.05, 0) is 31.0 Å². The fourth-order valence-corrected chi connectivity index (χ4v) is 2.57. The number of aryl methyl sites for hydroxylation is 1. The summed E-state index contributed by atoms with van der Waals surface area (Å²) in [6.07, 6.45) is 1.96. The Morgan fingerprint density at radius 3 is 2.56 bits per heavy atom. The minimum Gasteiger partial charge on any atom is -0.493 e. The summed E-state index contributed by atoms with van der Waals surface area (Å²) in [6.45, 7) is 5.13. The Bertz CT molecular complexity index is 714. The Morgan fingerprint density at radius 1 is 1.20 bits per heavy atom. The molecule has 0 spiro atoms. The zero-order chi connectivity index (χ0) is 18.2. The average molecular weight is 362 g/mol. The summed E-state index contributed by atoms with van der Waals surface area (Å²) >= 11 is 6.29. The number of rotatable bonds is 8. The number of unbranched alkanes of at least 4 members (excludes halogenated alkanes) is 1. The van der Waals surface area contributed by atoms with Crippen molar-refractivity contribution in [2.45, 2.75) is 33.2 Å². The Labute approximate surface area is 154 Å². The lowest BCUT2D eigenvalue weighted by atomic mass is 10.1. The van der Waals surface area contributed by atoms with E-state index in [1.54, 1.807) is 12.1 Å². The normalized spacial score (nSPS) is 10.4. The van der Waals surface area contributed by atoms with Gasteiger partial charge in [-0.15, -0.1) is 0 Å². The molecule has 0 atom stereocenters. The summed E-state index contributed by atoms with van der Waals surface area (Å²) in [5.41, 5.74) is 2.67. The van der Waals surface area contributed by atoms with Crippen molar-refractivity contribution in [2.24, 2.45) is 0 Å². The van der Waals surface area contributed by atoms with E-state index in [-0.39, 0.29) is 5.91 Å². The Hall–Kier alpha value is -2.20. The van der Waals surface area contributed by atoms with Gasteiger partial charge in [0.05, 0.1) is 18.7 Å². The van der Waals surface area contributed by atoms with E-state index in [2.05, 4.69) is 12.2 Å². The number of amides is 1. The molecule has 0 aliphatic carbocycles. The molecule has 0 aromatic heterocycles. The average Bonchev–Trinajstić information content (AvgIpc) is 2.62. The Kier molecular flexibility index (Phi) is 7.14. The van der Waals surface area contributed by atoms with E-state index >= 15 is 0 Å². The van der Waals surface area contributed by atoms with Crippen molar-refractivity contribution in [1.29, 1.82) is 0 Å². The fraction of sp³-hybridized carbons (Fsp3) is 0.350. The van der Waals surface area contributed by atoms with Crippen LogP contribution in [0.4, 0.5) is 0 Å². The van der Waals surface area contributed by atoms with Gasteiger partial charge in [-0.25, -0.2) is 0 Å². The topological polar surface area (TPSA) is 47.6 Å². The van der Waals surface area contributed by atoms with Gasteiger partial charge in [-0.2, -0.15) is 0 Å². The van der Waals surface area contributed by atoms with Gasteiger partial charge >= 0.3 is 0 Å². The van der Waals surface area contributed by atoms with E-state index in [4.69, 9.17) is 21.1 Å². The van der Waals surface area contributed by atoms with E-state index < -0.39 is 0 Å². The molecule has 0 heterocycles. The van der Waals surface area contributed by atoms with E-state index in [9.17, 15) is 4.79 Å². The van der Waals surface area contributed by atoms with E-state index in [0.717, 1.165) is 18.4 Å². The van der Waals surface area contributed by atoms with Crippen molar-refractivity contribution in [3.8, 4) is 11.5 Å². The summed E-state index contributed by atoms with van der Waals surface area (Å²) in [7, 11) is 1.53. The zero-order valence-electron chi connectivity index (χ0n) is 14.9. The van der Waals surface area contributed by atoms with Crippen molar-refractivity contribution in [1.82, 2.24) is 5.32 Å². The summed E-state index contributed by atoms with van der Waals surface area (Å²) in [5.74, 6) is 0.734. The molecule has 5 heteroatoms. The van der Waals surface area contributed by atoms with Crippen molar-refractivity contribution in [2.75, 3.05) is 13.7 Å². The minimum absolute atomic E-state index is 0.208. The van der Waals surface area contributed by atoms with Gasteiger partial charge in [0.2, 0.25) is 0 Å². The van der Waals surface area contributed by atoms with Crippen molar-refractivity contribution in [3.63, 3.8) is 0 Å². The van der Waals surface area contributed by atoms with Crippen LogP contribution in [-0.2, 0) is 6.54 Å². The fourth-order valence-electron chi connectivity index (χ4n) is 2.30. The number of methoxy groups -OCH3 is 1. The molecule has 0 aliphatic heterocycles. The number of halogens is 1. The van der Waals surface area contributed by atoms with Crippen molar-refractivity contribution >= 4 is 17.5 Å². The maximum Gasteiger partial charge on any atom is 0.251 e. The number of carbonyl (C=O) groups excluding carboxylic acids is 1. The maximum atomic E-state index is 12.4. The molecule has 2 aromatic rings. The van der Waals surface area contributed by atoms with Crippen LogP contribution in [-0.4, -0.2) is 19.6 Å². The first kappa shape index (κ1) is 19.1. The Morgan fingerprint density at radius 2 is 1.92 bits per heavy atom. The lowest BCUT2D eigenvalue weighted by Crippen LogP contribution is -2.22. The number of hydrogen-bond acceptors (Lipinski definition) is 3. The monoisotopic (exact) mass is 361 g/mol. The predicted molar refractivity (Wildman–Crippen MR) is 101 cm³/mol. The van der Waals surface area contributed by atoms with Gasteiger partial charge in [0.1, 0.15) is 0 Å². The first-order valence-electron chi connectivity index (χ1n) is 8.39. The third-order valence-corrected chi connectivity index (χ3v) is 4.09. The summed E-state index contributed by atoms with van der Waals surface area (Å²) in [4.78, 5) is 12.4. The molecule has 134 valence electrons. The molecular weight excluding hydrogens is 338 g/mol. The summed E-state index contributed by atoms with van der Waals surface area (Å²) < 4.78 is 11.0. The van der Waals surface area contributed by atoms with Crippen LogP contribution in [0.3, 0.4) is 0 Å². The SMILES string of the molecule is CCCCOc1c(Cl)cc(C(=O)NCc2ccc(C)cc2)cc1OC. The number of benzene rings is 2. The number of carbonyl (C=O) groups is 1. The second-order valence-electron chi connectivity index (χ2n) is 5.86. The first-order chi connectivity index (χ1) is 12.0. The molecular formula is C20H24ClNO3. The lowest BCUT2D eigenvalue weighted by molar-refractivity contribution is 0.0950. The van der Waals surface area contributed by atoms with Crippen LogP contribution in [0.25, 0.3) is 0 Å². The summed E-state index contributed by atoms with van der Waals surface area (Å²) in [5, 5.41) is 3.26. The highest BCUT2D eigenvalue weighted by atomic mass is 35.5. The second kappa shape index (κ2) is 9.33. The lowest BCUT2D eigenvalue weighted by Gasteiger charge is -2.14. The van der Waals surface area contributed by atoms with Crippen molar-refractivity contribution < 1.29 is 14.3 Å². The molecule has 0 bridgehead atoms. The van der Waals surface area contributed by atoms with Crippen LogP contribution in [0.15, 0.2) is 36.4 Å².